The summed E-state index contributed by atoms with van der Waals surface area (Å²) in [6, 6.07) is 16.4. The van der Waals surface area contributed by atoms with Crippen molar-refractivity contribution >= 4 is 11.4 Å². The zero-order valence-electron chi connectivity index (χ0n) is 11.9. The van der Waals surface area contributed by atoms with Crippen LogP contribution in [0, 0.1) is 0 Å². The molecule has 0 saturated carbocycles. The summed E-state index contributed by atoms with van der Waals surface area (Å²) >= 11 is 0. The van der Waals surface area contributed by atoms with Crippen molar-refractivity contribution in [1.82, 2.24) is 9.78 Å². The van der Waals surface area contributed by atoms with Gasteiger partial charge in [0, 0.05) is 0 Å². The van der Waals surface area contributed by atoms with Crippen LogP contribution in [0.4, 0.5) is 11.4 Å². The number of benzene rings is 2. The Morgan fingerprint density at radius 1 is 1.00 bits per heavy atom. The molecule has 0 unspecified atom stereocenters. The highest BCUT2D eigenvalue weighted by Crippen LogP contribution is 2.19. The van der Waals surface area contributed by atoms with E-state index < -0.39 is 0 Å². The molecule has 3 aromatic rings. The highest BCUT2D eigenvalue weighted by Gasteiger charge is 2.06. The van der Waals surface area contributed by atoms with Crippen molar-refractivity contribution in [3.05, 3.63) is 71.1 Å². The van der Waals surface area contributed by atoms with E-state index in [1.165, 1.54) is 10.9 Å². The number of para-hydroxylation sites is 1. The summed E-state index contributed by atoms with van der Waals surface area (Å²) < 4.78 is 6.49. The number of hydrogen-bond donors (Lipinski definition) is 1. The fourth-order valence-corrected chi connectivity index (χ4v) is 1.96. The van der Waals surface area contributed by atoms with Crippen LogP contribution in [0.15, 0.2) is 75.8 Å². The monoisotopic (exact) mass is 294 g/mol. The molecule has 0 atom stereocenters. The predicted molar refractivity (Wildman–Crippen MR) is 83.6 cm³/mol. The lowest BCUT2D eigenvalue weighted by molar-refractivity contribution is 0.415. The van der Waals surface area contributed by atoms with Crippen LogP contribution in [-0.4, -0.2) is 16.9 Å². The molecule has 110 valence electrons. The maximum atomic E-state index is 12.2. The van der Waals surface area contributed by atoms with E-state index >= 15 is 0 Å². The highest BCUT2D eigenvalue weighted by molar-refractivity contribution is 5.42. The number of methoxy groups -OCH3 is 1. The number of ether oxygens (including phenoxy) is 1. The van der Waals surface area contributed by atoms with Crippen LogP contribution >= 0.6 is 0 Å². The molecular weight excluding hydrogens is 280 g/mol. The molecule has 3 rings (SSSR count). The van der Waals surface area contributed by atoms with Crippen molar-refractivity contribution in [3.8, 4) is 11.4 Å². The first-order valence-corrected chi connectivity index (χ1v) is 6.69. The summed E-state index contributed by atoms with van der Waals surface area (Å²) in [5.74, 6) is 0.743. The largest absolute Gasteiger partial charge is 0.497 e. The molecule has 0 fully saturated rings. The number of aromatic nitrogens is 2. The first kappa shape index (κ1) is 13.8. The van der Waals surface area contributed by atoms with Crippen LogP contribution in [-0.2, 0) is 0 Å². The molecule has 6 nitrogen and oxygen atoms in total. The van der Waals surface area contributed by atoms with Crippen LogP contribution in [0.25, 0.3) is 5.69 Å². The topological polar surface area (TPSA) is 71.7 Å². The summed E-state index contributed by atoms with van der Waals surface area (Å²) in [6.45, 7) is 0. The van der Waals surface area contributed by atoms with Crippen LogP contribution in [0.1, 0.15) is 0 Å². The molecule has 0 radical (unpaired) electrons. The van der Waals surface area contributed by atoms with Gasteiger partial charge in [-0.15, -0.1) is 5.11 Å². The number of aromatic amines is 1. The molecule has 22 heavy (non-hydrogen) atoms. The maximum Gasteiger partial charge on any atom is 0.298 e. The van der Waals surface area contributed by atoms with E-state index in [-0.39, 0.29) is 11.2 Å². The maximum absolute atomic E-state index is 12.2. The highest BCUT2D eigenvalue weighted by atomic mass is 16.5. The van der Waals surface area contributed by atoms with E-state index in [0.29, 0.717) is 5.69 Å². The molecule has 1 heterocycles. The lowest BCUT2D eigenvalue weighted by Crippen LogP contribution is -2.13. The van der Waals surface area contributed by atoms with Gasteiger partial charge in [0.25, 0.3) is 5.56 Å². The Labute approximate surface area is 126 Å². The van der Waals surface area contributed by atoms with Crippen molar-refractivity contribution in [2.24, 2.45) is 10.2 Å². The summed E-state index contributed by atoms with van der Waals surface area (Å²) in [7, 11) is 1.60. The second-order valence-electron chi connectivity index (χ2n) is 4.53. The van der Waals surface area contributed by atoms with Crippen molar-refractivity contribution < 1.29 is 4.74 Å². The van der Waals surface area contributed by atoms with E-state index in [9.17, 15) is 4.79 Å². The summed E-state index contributed by atoms with van der Waals surface area (Å²) in [4.78, 5) is 12.2. The van der Waals surface area contributed by atoms with E-state index in [4.69, 9.17) is 4.74 Å². The van der Waals surface area contributed by atoms with Crippen LogP contribution in [0.5, 0.6) is 5.75 Å². The molecule has 0 saturated heterocycles. The van der Waals surface area contributed by atoms with E-state index in [1.807, 2.05) is 30.3 Å². The molecule has 1 aromatic heterocycles. The Hall–Kier alpha value is -3.15. The van der Waals surface area contributed by atoms with Crippen LogP contribution in [0.3, 0.4) is 0 Å². The zero-order chi connectivity index (χ0) is 15.4. The third kappa shape index (κ3) is 2.80. The molecule has 2 aromatic carbocycles. The normalized spacial score (nSPS) is 11.0. The van der Waals surface area contributed by atoms with Gasteiger partial charge in [-0.3, -0.25) is 9.89 Å². The van der Waals surface area contributed by atoms with Gasteiger partial charge in [0.2, 0.25) is 0 Å². The Morgan fingerprint density at radius 3 is 2.41 bits per heavy atom. The molecule has 0 amide bonds. The van der Waals surface area contributed by atoms with Gasteiger partial charge in [0.1, 0.15) is 5.75 Å². The van der Waals surface area contributed by atoms with Crippen molar-refractivity contribution in [1.29, 1.82) is 0 Å². The lowest BCUT2D eigenvalue weighted by atomic mass is 10.3. The zero-order valence-corrected chi connectivity index (χ0v) is 11.9. The number of rotatable bonds is 4. The predicted octanol–water partition coefficient (Wildman–Crippen LogP) is 3.59. The average Bonchev–Trinajstić information content (AvgIpc) is 2.95. The number of nitrogens with zero attached hydrogens (tertiary/aromatic N) is 3. The van der Waals surface area contributed by atoms with Crippen molar-refractivity contribution in [3.63, 3.8) is 0 Å². The Bertz CT molecular complexity index is 833. The number of nitrogens with one attached hydrogen (secondary N) is 1. The molecule has 1 N–H and O–H groups in total. The van der Waals surface area contributed by atoms with Gasteiger partial charge < -0.3 is 4.74 Å². The fraction of sp³-hybridized carbons (Fsp3) is 0.0625. The van der Waals surface area contributed by atoms with Gasteiger partial charge in [-0.2, -0.15) is 5.11 Å². The van der Waals surface area contributed by atoms with Crippen LogP contribution < -0.4 is 10.3 Å². The molecular formula is C16H14N4O2. The van der Waals surface area contributed by atoms with Gasteiger partial charge in [-0.25, -0.2) is 4.68 Å². The van der Waals surface area contributed by atoms with E-state index in [0.717, 1.165) is 11.4 Å². The Balaban J connectivity index is 1.85. The minimum atomic E-state index is -0.247. The number of azo groups is 1. The van der Waals surface area contributed by atoms with Crippen molar-refractivity contribution in [2.75, 3.05) is 7.11 Å². The van der Waals surface area contributed by atoms with Gasteiger partial charge >= 0.3 is 0 Å². The smallest absolute Gasteiger partial charge is 0.298 e. The fourth-order valence-electron chi connectivity index (χ4n) is 1.96. The van der Waals surface area contributed by atoms with Gasteiger partial charge in [-0.05, 0) is 36.4 Å². The third-order valence-corrected chi connectivity index (χ3v) is 3.11. The molecule has 0 aliphatic heterocycles. The minimum absolute atomic E-state index is 0.247. The van der Waals surface area contributed by atoms with Gasteiger partial charge in [0.05, 0.1) is 24.7 Å². The molecule has 0 aliphatic carbocycles. The van der Waals surface area contributed by atoms with Gasteiger partial charge in [-0.1, -0.05) is 18.2 Å². The number of hydrogen-bond acceptors (Lipinski definition) is 4. The number of H-pyrrole nitrogens is 1. The lowest BCUT2D eigenvalue weighted by Gasteiger charge is -1.98. The standard InChI is InChI=1S/C16H14N4O2/c1-22-14-9-7-12(8-10-14)18-19-15-11-17-20(16(15)21)13-5-3-2-4-6-13/h2-11,17H,1H3. The first-order valence-electron chi connectivity index (χ1n) is 6.69. The Morgan fingerprint density at radius 2 is 1.73 bits per heavy atom. The molecule has 0 bridgehead atoms. The second-order valence-corrected chi connectivity index (χ2v) is 4.53. The summed E-state index contributed by atoms with van der Waals surface area (Å²) in [5.41, 5.74) is 1.40. The van der Waals surface area contributed by atoms with E-state index in [1.54, 1.807) is 31.4 Å². The molecule has 0 aliphatic rings. The van der Waals surface area contributed by atoms with Crippen molar-refractivity contribution in [2.45, 2.75) is 0 Å². The van der Waals surface area contributed by atoms with Gasteiger partial charge in [0.15, 0.2) is 5.69 Å². The minimum Gasteiger partial charge on any atom is -0.497 e. The average molecular weight is 294 g/mol. The van der Waals surface area contributed by atoms with Crippen LogP contribution in [0.2, 0.25) is 0 Å². The Kier molecular flexibility index (Phi) is 3.82. The van der Waals surface area contributed by atoms with E-state index in [2.05, 4.69) is 15.3 Å². The molecule has 6 heteroatoms. The second kappa shape index (κ2) is 6.09. The quantitative estimate of drug-likeness (QED) is 0.747. The first-order chi connectivity index (χ1) is 10.8. The summed E-state index contributed by atoms with van der Waals surface area (Å²) in [6.07, 6.45) is 1.53. The third-order valence-electron chi connectivity index (χ3n) is 3.11. The summed E-state index contributed by atoms with van der Waals surface area (Å²) in [5, 5.41) is 10.9. The SMILES string of the molecule is COc1ccc(N=Nc2c[nH]n(-c3ccccc3)c2=O)cc1. The molecule has 0 spiro atoms.